The molecule has 1 aromatic rings. The molecule has 0 saturated heterocycles. The van der Waals surface area contributed by atoms with Crippen molar-refractivity contribution in [2.45, 2.75) is 19.4 Å². The number of aromatic nitrogens is 1. The lowest BCUT2D eigenvalue weighted by molar-refractivity contribution is 0.666. The van der Waals surface area contributed by atoms with Gasteiger partial charge in [-0.25, -0.2) is 4.98 Å². The summed E-state index contributed by atoms with van der Waals surface area (Å²) in [6.07, 6.45) is 5.00. The molecule has 0 fully saturated rings. The van der Waals surface area contributed by atoms with E-state index in [4.69, 9.17) is 5.73 Å². The van der Waals surface area contributed by atoms with Crippen molar-refractivity contribution in [3.63, 3.8) is 0 Å². The van der Waals surface area contributed by atoms with Gasteiger partial charge in [-0.15, -0.1) is 0 Å². The predicted octanol–water partition coefficient (Wildman–Crippen LogP) is 2.24. The maximum Gasteiger partial charge on any atom is 0.130 e. The van der Waals surface area contributed by atoms with E-state index in [9.17, 15) is 0 Å². The van der Waals surface area contributed by atoms with Crippen molar-refractivity contribution in [2.24, 2.45) is 0 Å². The van der Waals surface area contributed by atoms with Crippen molar-refractivity contribution in [1.82, 2.24) is 4.98 Å². The zero-order valence-corrected chi connectivity index (χ0v) is 10.4. The van der Waals surface area contributed by atoms with Crippen molar-refractivity contribution in [1.29, 1.82) is 0 Å². The van der Waals surface area contributed by atoms with Crippen molar-refractivity contribution in [3.05, 3.63) is 18.3 Å². The average Bonchev–Trinajstić information content (AvgIpc) is 2.25. The minimum Gasteiger partial charge on any atom is -0.399 e. The van der Waals surface area contributed by atoms with Gasteiger partial charge in [0, 0.05) is 36.8 Å². The lowest BCUT2D eigenvalue weighted by Crippen LogP contribution is -2.33. The van der Waals surface area contributed by atoms with Gasteiger partial charge in [0.05, 0.1) is 0 Å². The molecule has 0 aliphatic heterocycles. The first-order valence-corrected chi connectivity index (χ1v) is 6.51. The largest absolute Gasteiger partial charge is 0.399 e. The summed E-state index contributed by atoms with van der Waals surface area (Å²) >= 11 is 1.86. The summed E-state index contributed by atoms with van der Waals surface area (Å²) in [6, 6.07) is 4.25. The maximum atomic E-state index is 5.74. The monoisotopic (exact) mass is 225 g/mol. The van der Waals surface area contributed by atoms with Gasteiger partial charge in [-0.2, -0.15) is 11.8 Å². The molecular formula is C11H19N3S. The first-order chi connectivity index (χ1) is 7.19. The third-order valence-corrected chi connectivity index (χ3v) is 3.23. The Morgan fingerprint density at radius 3 is 2.87 bits per heavy atom. The van der Waals surface area contributed by atoms with Crippen molar-refractivity contribution in [3.8, 4) is 0 Å². The molecule has 0 aromatic carbocycles. The maximum absolute atomic E-state index is 5.74. The van der Waals surface area contributed by atoms with Gasteiger partial charge in [0.2, 0.25) is 0 Å². The van der Waals surface area contributed by atoms with E-state index in [-0.39, 0.29) is 0 Å². The van der Waals surface area contributed by atoms with Gasteiger partial charge in [-0.3, -0.25) is 0 Å². The third-order valence-electron chi connectivity index (χ3n) is 2.51. The highest BCUT2D eigenvalue weighted by Crippen LogP contribution is 2.18. The molecule has 3 nitrogen and oxygen atoms in total. The quantitative estimate of drug-likeness (QED) is 0.834. The average molecular weight is 225 g/mol. The fourth-order valence-electron chi connectivity index (χ4n) is 1.51. The van der Waals surface area contributed by atoms with Crippen LogP contribution in [0.25, 0.3) is 0 Å². The molecule has 15 heavy (non-hydrogen) atoms. The number of thioether (sulfide) groups is 1. The molecule has 2 N–H and O–H groups in total. The van der Waals surface area contributed by atoms with E-state index in [1.807, 2.05) is 23.9 Å². The van der Waals surface area contributed by atoms with Crippen LogP contribution in [0.5, 0.6) is 0 Å². The summed E-state index contributed by atoms with van der Waals surface area (Å²) in [5.41, 5.74) is 6.51. The van der Waals surface area contributed by atoms with Gasteiger partial charge in [0.25, 0.3) is 0 Å². The SMILES string of the molecule is CCC(CSC)N(C)c1cc(N)ccn1. The van der Waals surface area contributed by atoms with Crippen molar-refractivity contribution in [2.75, 3.05) is 29.7 Å². The van der Waals surface area contributed by atoms with E-state index in [1.54, 1.807) is 6.20 Å². The summed E-state index contributed by atoms with van der Waals surface area (Å²) in [5.74, 6) is 2.07. The Balaban J connectivity index is 2.77. The summed E-state index contributed by atoms with van der Waals surface area (Å²) in [6.45, 7) is 2.20. The molecule has 0 aliphatic carbocycles. The van der Waals surface area contributed by atoms with Crippen LogP contribution in [0.15, 0.2) is 18.3 Å². The molecule has 0 aliphatic rings. The van der Waals surface area contributed by atoms with Crippen LogP contribution in [-0.2, 0) is 0 Å². The zero-order chi connectivity index (χ0) is 11.3. The van der Waals surface area contributed by atoms with E-state index in [0.717, 1.165) is 23.7 Å². The summed E-state index contributed by atoms with van der Waals surface area (Å²) in [7, 11) is 2.08. The molecule has 4 heteroatoms. The van der Waals surface area contributed by atoms with Crippen LogP contribution in [0.4, 0.5) is 11.5 Å². The Morgan fingerprint density at radius 2 is 2.33 bits per heavy atom. The van der Waals surface area contributed by atoms with Crippen LogP contribution in [0.1, 0.15) is 13.3 Å². The molecule has 1 rings (SSSR count). The van der Waals surface area contributed by atoms with E-state index >= 15 is 0 Å². The Labute approximate surface area is 96.1 Å². The Hall–Kier alpha value is -0.900. The number of nitrogen functional groups attached to an aromatic ring is 1. The first kappa shape index (κ1) is 12.2. The minimum absolute atomic E-state index is 0.523. The van der Waals surface area contributed by atoms with Crippen molar-refractivity contribution >= 4 is 23.3 Å². The second-order valence-corrected chi connectivity index (χ2v) is 4.49. The number of nitrogens with two attached hydrogens (primary N) is 1. The van der Waals surface area contributed by atoms with Crippen LogP contribution < -0.4 is 10.6 Å². The molecule has 1 atom stereocenters. The lowest BCUT2D eigenvalue weighted by atomic mass is 10.2. The molecule has 1 unspecified atom stereocenters. The molecule has 84 valence electrons. The highest BCUT2D eigenvalue weighted by molar-refractivity contribution is 7.98. The van der Waals surface area contributed by atoms with Crippen LogP contribution in [0.2, 0.25) is 0 Å². The number of anilines is 2. The fourth-order valence-corrected chi connectivity index (χ4v) is 2.35. The molecular weight excluding hydrogens is 206 g/mol. The molecule has 0 spiro atoms. The smallest absolute Gasteiger partial charge is 0.130 e. The van der Waals surface area contributed by atoms with E-state index in [0.29, 0.717) is 6.04 Å². The lowest BCUT2D eigenvalue weighted by Gasteiger charge is -2.27. The van der Waals surface area contributed by atoms with Crippen LogP contribution in [-0.4, -0.2) is 30.1 Å². The van der Waals surface area contributed by atoms with Crippen LogP contribution >= 0.6 is 11.8 Å². The Kier molecular flexibility index (Phi) is 4.75. The van der Waals surface area contributed by atoms with Gasteiger partial charge >= 0.3 is 0 Å². The van der Waals surface area contributed by atoms with Crippen LogP contribution in [0, 0.1) is 0 Å². The number of rotatable bonds is 5. The second-order valence-electron chi connectivity index (χ2n) is 3.58. The van der Waals surface area contributed by atoms with Gasteiger partial charge in [0.15, 0.2) is 0 Å². The highest BCUT2D eigenvalue weighted by atomic mass is 32.2. The van der Waals surface area contributed by atoms with E-state index in [2.05, 4.69) is 30.1 Å². The molecule has 0 amide bonds. The molecule has 1 heterocycles. The summed E-state index contributed by atoms with van der Waals surface area (Å²) < 4.78 is 0. The predicted molar refractivity (Wildman–Crippen MR) is 69.5 cm³/mol. The number of pyridine rings is 1. The third kappa shape index (κ3) is 3.30. The van der Waals surface area contributed by atoms with Gasteiger partial charge in [-0.1, -0.05) is 6.92 Å². The Morgan fingerprint density at radius 1 is 1.60 bits per heavy atom. The normalized spacial score (nSPS) is 12.5. The number of hydrogen-bond acceptors (Lipinski definition) is 4. The Bertz CT molecular complexity index is 304. The van der Waals surface area contributed by atoms with Gasteiger partial charge < -0.3 is 10.6 Å². The molecule has 0 radical (unpaired) electrons. The second kappa shape index (κ2) is 5.85. The van der Waals surface area contributed by atoms with E-state index in [1.165, 1.54) is 0 Å². The number of hydrogen-bond donors (Lipinski definition) is 1. The first-order valence-electron chi connectivity index (χ1n) is 5.12. The highest BCUT2D eigenvalue weighted by Gasteiger charge is 2.13. The van der Waals surface area contributed by atoms with Crippen LogP contribution in [0.3, 0.4) is 0 Å². The zero-order valence-electron chi connectivity index (χ0n) is 9.60. The van der Waals surface area contributed by atoms with Gasteiger partial charge in [0.1, 0.15) is 5.82 Å². The minimum atomic E-state index is 0.523. The standard InChI is InChI=1S/C11H19N3S/c1-4-10(8-15-3)14(2)11-7-9(12)5-6-13-11/h5-7,10H,4,8H2,1-3H3,(H2,12,13). The topological polar surface area (TPSA) is 42.1 Å². The van der Waals surface area contributed by atoms with E-state index < -0.39 is 0 Å². The molecule has 1 aromatic heterocycles. The number of nitrogens with zero attached hydrogens (tertiary/aromatic N) is 2. The van der Waals surface area contributed by atoms with Gasteiger partial charge in [-0.05, 0) is 18.7 Å². The summed E-state index contributed by atoms with van der Waals surface area (Å²) in [5, 5.41) is 0. The van der Waals surface area contributed by atoms with Crippen molar-refractivity contribution < 1.29 is 0 Å². The molecule has 0 saturated carbocycles. The molecule has 0 bridgehead atoms. The summed E-state index contributed by atoms with van der Waals surface area (Å²) in [4.78, 5) is 6.53. The fraction of sp³-hybridized carbons (Fsp3) is 0.545.